The summed E-state index contributed by atoms with van der Waals surface area (Å²) in [6.45, 7) is 3.44. The van der Waals surface area contributed by atoms with Crippen molar-refractivity contribution in [1.82, 2.24) is 0 Å². The Hall–Kier alpha value is -1.71. The van der Waals surface area contributed by atoms with E-state index in [9.17, 15) is 14.0 Å². The molecular formula is C12H13FO3. The number of benzene rings is 1. The van der Waals surface area contributed by atoms with E-state index in [0.717, 1.165) is 0 Å². The van der Waals surface area contributed by atoms with Gasteiger partial charge in [-0.3, -0.25) is 4.79 Å². The number of carbonyl (C=O) groups is 2. The Bertz CT molecular complexity index is 413. The average Bonchev–Trinajstić information content (AvgIpc) is 2.28. The summed E-state index contributed by atoms with van der Waals surface area (Å²) < 4.78 is 18.4. The van der Waals surface area contributed by atoms with Gasteiger partial charge in [0.15, 0.2) is 5.78 Å². The zero-order valence-corrected chi connectivity index (χ0v) is 9.25. The number of ether oxygens (including phenoxy) is 1. The normalized spacial score (nSPS) is 9.94. The second-order valence-corrected chi connectivity index (χ2v) is 3.16. The Morgan fingerprint density at radius 3 is 2.44 bits per heavy atom. The van der Waals surface area contributed by atoms with Crippen LogP contribution in [0.15, 0.2) is 18.2 Å². The molecule has 0 N–H and O–H groups in total. The lowest BCUT2D eigenvalue weighted by atomic mass is 10.0. The predicted molar refractivity (Wildman–Crippen MR) is 57.0 cm³/mol. The van der Waals surface area contributed by atoms with Crippen molar-refractivity contribution in [3.63, 3.8) is 0 Å². The molecule has 86 valence electrons. The van der Waals surface area contributed by atoms with E-state index in [-0.39, 0.29) is 29.9 Å². The highest BCUT2D eigenvalue weighted by molar-refractivity contribution is 5.99. The van der Waals surface area contributed by atoms with Gasteiger partial charge in [-0.2, -0.15) is 0 Å². The third kappa shape index (κ3) is 2.45. The standard InChI is InChI=1S/C12H13FO3/c1-3-10(14)8-6-5-7-9(11(8)13)12(15)16-4-2/h5-7H,3-4H2,1-2H3. The van der Waals surface area contributed by atoms with Gasteiger partial charge in [0.25, 0.3) is 0 Å². The lowest BCUT2D eigenvalue weighted by Crippen LogP contribution is -2.11. The van der Waals surface area contributed by atoms with Crippen molar-refractivity contribution >= 4 is 11.8 Å². The number of hydrogen-bond acceptors (Lipinski definition) is 3. The molecule has 0 atom stereocenters. The van der Waals surface area contributed by atoms with Gasteiger partial charge in [-0.25, -0.2) is 9.18 Å². The van der Waals surface area contributed by atoms with Gasteiger partial charge >= 0.3 is 5.97 Å². The molecule has 4 heteroatoms. The fourth-order valence-electron chi connectivity index (χ4n) is 1.30. The Morgan fingerprint density at radius 1 is 1.25 bits per heavy atom. The zero-order chi connectivity index (χ0) is 12.1. The molecule has 0 aliphatic rings. The van der Waals surface area contributed by atoms with E-state index in [4.69, 9.17) is 0 Å². The van der Waals surface area contributed by atoms with Gasteiger partial charge in [0, 0.05) is 6.42 Å². The van der Waals surface area contributed by atoms with E-state index < -0.39 is 11.8 Å². The van der Waals surface area contributed by atoms with Crippen LogP contribution >= 0.6 is 0 Å². The van der Waals surface area contributed by atoms with Crippen molar-refractivity contribution in [2.45, 2.75) is 20.3 Å². The molecular weight excluding hydrogens is 211 g/mol. The highest BCUT2D eigenvalue weighted by Gasteiger charge is 2.18. The second-order valence-electron chi connectivity index (χ2n) is 3.16. The van der Waals surface area contributed by atoms with E-state index in [1.165, 1.54) is 18.2 Å². The number of esters is 1. The molecule has 1 aromatic carbocycles. The summed E-state index contributed by atoms with van der Waals surface area (Å²) in [4.78, 5) is 22.7. The van der Waals surface area contributed by atoms with Crippen LogP contribution < -0.4 is 0 Å². The van der Waals surface area contributed by atoms with Crippen LogP contribution in [0.25, 0.3) is 0 Å². The third-order valence-corrected chi connectivity index (χ3v) is 2.12. The Kier molecular flexibility index (Phi) is 4.17. The molecule has 0 fully saturated rings. The predicted octanol–water partition coefficient (Wildman–Crippen LogP) is 2.60. The maximum atomic E-state index is 13.8. The Labute approximate surface area is 93.2 Å². The van der Waals surface area contributed by atoms with Crippen molar-refractivity contribution in [3.8, 4) is 0 Å². The van der Waals surface area contributed by atoms with Crippen LogP contribution in [-0.4, -0.2) is 18.4 Å². The number of carbonyl (C=O) groups excluding carboxylic acids is 2. The SMILES string of the molecule is CCOC(=O)c1cccc(C(=O)CC)c1F. The number of rotatable bonds is 4. The number of hydrogen-bond donors (Lipinski definition) is 0. The van der Waals surface area contributed by atoms with Crippen LogP contribution in [0.2, 0.25) is 0 Å². The maximum Gasteiger partial charge on any atom is 0.341 e. The van der Waals surface area contributed by atoms with Gasteiger partial charge in [0.2, 0.25) is 0 Å². The minimum Gasteiger partial charge on any atom is -0.462 e. The molecule has 0 aromatic heterocycles. The van der Waals surface area contributed by atoms with E-state index in [1.807, 2.05) is 0 Å². The van der Waals surface area contributed by atoms with Crippen LogP contribution in [0.1, 0.15) is 41.0 Å². The van der Waals surface area contributed by atoms with E-state index in [2.05, 4.69) is 4.74 Å². The monoisotopic (exact) mass is 224 g/mol. The van der Waals surface area contributed by atoms with Gasteiger partial charge in [-0.05, 0) is 19.1 Å². The van der Waals surface area contributed by atoms with E-state index >= 15 is 0 Å². The van der Waals surface area contributed by atoms with Crippen molar-refractivity contribution in [1.29, 1.82) is 0 Å². The number of Topliss-reactive ketones (excluding diaryl/α,β-unsaturated/α-hetero) is 1. The first kappa shape index (κ1) is 12.4. The molecule has 0 aliphatic heterocycles. The van der Waals surface area contributed by atoms with Gasteiger partial charge in [-0.1, -0.05) is 13.0 Å². The molecule has 0 aliphatic carbocycles. The summed E-state index contributed by atoms with van der Waals surface area (Å²) >= 11 is 0. The summed E-state index contributed by atoms with van der Waals surface area (Å²) in [7, 11) is 0. The van der Waals surface area contributed by atoms with Gasteiger partial charge in [0.05, 0.1) is 17.7 Å². The number of ketones is 1. The molecule has 0 amide bonds. The van der Waals surface area contributed by atoms with Gasteiger partial charge in [0.1, 0.15) is 5.82 Å². The molecule has 3 nitrogen and oxygen atoms in total. The highest BCUT2D eigenvalue weighted by atomic mass is 19.1. The van der Waals surface area contributed by atoms with E-state index in [1.54, 1.807) is 13.8 Å². The first-order chi connectivity index (χ1) is 7.61. The molecule has 0 saturated heterocycles. The average molecular weight is 224 g/mol. The van der Waals surface area contributed by atoms with Crippen molar-refractivity contribution in [2.24, 2.45) is 0 Å². The fraction of sp³-hybridized carbons (Fsp3) is 0.333. The summed E-state index contributed by atoms with van der Waals surface area (Å²) in [5.74, 6) is -1.87. The third-order valence-electron chi connectivity index (χ3n) is 2.12. The van der Waals surface area contributed by atoms with Crippen molar-refractivity contribution < 1.29 is 18.7 Å². The van der Waals surface area contributed by atoms with Crippen molar-refractivity contribution in [3.05, 3.63) is 35.1 Å². The lowest BCUT2D eigenvalue weighted by Gasteiger charge is -2.06. The highest BCUT2D eigenvalue weighted by Crippen LogP contribution is 2.15. The quantitative estimate of drug-likeness (QED) is 0.583. The van der Waals surface area contributed by atoms with Crippen LogP contribution in [0, 0.1) is 5.82 Å². The summed E-state index contributed by atoms with van der Waals surface area (Å²) in [6, 6.07) is 4.14. The number of halogens is 1. The minimum atomic E-state index is -0.798. The molecule has 1 rings (SSSR count). The Morgan fingerprint density at radius 2 is 1.88 bits per heavy atom. The molecule has 0 saturated carbocycles. The van der Waals surface area contributed by atoms with Crippen LogP contribution in [-0.2, 0) is 4.74 Å². The minimum absolute atomic E-state index is 0.0620. The molecule has 0 radical (unpaired) electrons. The van der Waals surface area contributed by atoms with E-state index in [0.29, 0.717) is 0 Å². The zero-order valence-electron chi connectivity index (χ0n) is 9.25. The summed E-state index contributed by atoms with van der Waals surface area (Å²) in [5.41, 5.74) is -0.255. The maximum absolute atomic E-state index is 13.8. The van der Waals surface area contributed by atoms with Crippen molar-refractivity contribution in [2.75, 3.05) is 6.61 Å². The molecule has 16 heavy (non-hydrogen) atoms. The summed E-state index contributed by atoms with van der Waals surface area (Å²) in [5, 5.41) is 0. The smallest absolute Gasteiger partial charge is 0.341 e. The summed E-state index contributed by atoms with van der Waals surface area (Å²) in [6.07, 6.45) is 0.198. The first-order valence-corrected chi connectivity index (χ1v) is 5.10. The molecule has 0 unspecified atom stereocenters. The van der Waals surface area contributed by atoms with Crippen LogP contribution in [0.4, 0.5) is 4.39 Å². The van der Waals surface area contributed by atoms with Crippen LogP contribution in [0.3, 0.4) is 0 Å². The molecule has 0 bridgehead atoms. The molecule has 0 heterocycles. The molecule has 1 aromatic rings. The largest absolute Gasteiger partial charge is 0.462 e. The lowest BCUT2D eigenvalue weighted by molar-refractivity contribution is 0.0521. The topological polar surface area (TPSA) is 43.4 Å². The molecule has 0 spiro atoms. The fourth-order valence-corrected chi connectivity index (χ4v) is 1.30. The van der Waals surface area contributed by atoms with Crippen LogP contribution in [0.5, 0.6) is 0 Å². The second kappa shape index (κ2) is 5.39. The van der Waals surface area contributed by atoms with Gasteiger partial charge in [-0.15, -0.1) is 0 Å². The first-order valence-electron chi connectivity index (χ1n) is 5.10. The van der Waals surface area contributed by atoms with Gasteiger partial charge < -0.3 is 4.74 Å². The Balaban J connectivity index is 3.13.